The van der Waals surface area contributed by atoms with Gasteiger partial charge in [-0.05, 0) is 11.6 Å². The van der Waals surface area contributed by atoms with E-state index in [2.05, 4.69) is 0 Å². The van der Waals surface area contributed by atoms with Gasteiger partial charge >= 0.3 is 5.97 Å². The lowest BCUT2D eigenvalue weighted by molar-refractivity contribution is -0.384. The van der Waals surface area contributed by atoms with Crippen LogP contribution in [0.4, 0.5) is 11.4 Å². The lowest BCUT2D eigenvalue weighted by atomic mass is 10.1. The second-order valence-corrected chi connectivity index (χ2v) is 5.22. The number of carboxylic acid groups (broad SMARTS) is 1. The Bertz CT molecular complexity index is 747. The first-order chi connectivity index (χ1) is 11.0. The van der Waals surface area contributed by atoms with Crippen molar-refractivity contribution in [3.05, 3.63) is 64.2 Å². The summed E-state index contributed by atoms with van der Waals surface area (Å²) in [4.78, 5) is 23.6. The van der Waals surface area contributed by atoms with E-state index < -0.39 is 17.0 Å². The van der Waals surface area contributed by atoms with Crippen LogP contribution in [-0.2, 0) is 11.3 Å². The van der Waals surface area contributed by atoms with Crippen molar-refractivity contribution < 1.29 is 19.6 Å². The minimum Gasteiger partial charge on any atom is -0.478 e. The van der Waals surface area contributed by atoms with E-state index in [-0.39, 0.29) is 12.2 Å². The summed E-state index contributed by atoms with van der Waals surface area (Å²) >= 11 is 0. The van der Waals surface area contributed by atoms with Crippen LogP contribution in [0.3, 0.4) is 0 Å². The largest absolute Gasteiger partial charge is 0.478 e. The van der Waals surface area contributed by atoms with Crippen LogP contribution < -0.4 is 9.64 Å². The van der Waals surface area contributed by atoms with E-state index in [1.807, 2.05) is 30.3 Å². The lowest BCUT2D eigenvalue weighted by Crippen LogP contribution is -2.44. The Morgan fingerprint density at radius 3 is 2.70 bits per heavy atom. The van der Waals surface area contributed by atoms with Crippen LogP contribution in [0.1, 0.15) is 5.56 Å². The van der Waals surface area contributed by atoms with Gasteiger partial charge in [-0.1, -0.05) is 30.3 Å². The fourth-order valence-electron chi connectivity index (χ4n) is 2.54. The molecule has 118 valence electrons. The number of anilines is 1. The number of aliphatic carboxylic acids is 1. The van der Waals surface area contributed by atoms with E-state index in [0.29, 0.717) is 18.0 Å². The monoisotopic (exact) mass is 314 g/mol. The normalized spacial score (nSPS) is 16.3. The SMILES string of the molecule is O=C(O)[C@H]1CN(Cc2ccccc2)c2cc([N+](=O)[O-])ccc2O1. The number of carboxylic acids is 1. The van der Waals surface area contributed by atoms with Crippen LogP contribution in [0.15, 0.2) is 48.5 Å². The number of hydrogen-bond donors (Lipinski definition) is 1. The van der Waals surface area contributed by atoms with Gasteiger partial charge in [0.1, 0.15) is 5.75 Å². The van der Waals surface area contributed by atoms with Crippen molar-refractivity contribution in [1.82, 2.24) is 0 Å². The van der Waals surface area contributed by atoms with Crippen molar-refractivity contribution in [2.45, 2.75) is 12.6 Å². The predicted octanol–water partition coefficient (Wildman–Crippen LogP) is 2.45. The highest BCUT2D eigenvalue weighted by atomic mass is 16.6. The van der Waals surface area contributed by atoms with Crippen molar-refractivity contribution in [2.75, 3.05) is 11.4 Å². The second-order valence-electron chi connectivity index (χ2n) is 5.22. The third-order valence-electron chi connectivity index (χ3n) is 3.64. The highest BCUT2D eigenvalue weighted by molar-refractivity contribution is 5.77. The zero-order chi connectivity index (χ0) is 16.4. The number of nitro groups is 1. The fraction of sp³-hybridized carbons (Fsp3) is 0.188. The van der Waals surface area contributed by atoms with E-state index >= 15 is 0 Å². The Hall–Kier alpha value is -3.09. The molecule has 0 saturated heterocycles. The first-order valence-electron chi connectivity index (χ1n) is 7.01. The van der Waals surface area contributed by atoms with Crippen LogP contribution in [0, 0.1) is 10.1 Å². The van der Waals surface area contributed by atoms with E-state index in [1.165, 1.54) is 18.2 Å². The molecule has 0 radical (unpaired) electrons. The van der Waals surface area contributed by atoms with Gasteiger partial charge in [0.05, 0.1) is 17.2 Å². The quantitative estimate of drug-likeness (QED) is 0.688. The Morgan fingerprint density at radius 2 is 2.04 bits per heavy atom. The van der Waals surface area contributed by atoms with Gasteiger partial charge in [-0.25, -0.2) is 4.79 Å². The smallest absolute Gasteiger partial charge is 0.346 e. The van der Waals surface area contributed by atoms with E-state index in [0.717, 1.165) is 5.56 Å². The molecule has 3 rings (SSSR count). The minimum atomic E-state index is -1.06. The second kappa shape index (κ2) is 5.96. The molecule has 0 bridgehead atoms. The number of hydrogen-bond acceptors (Lipinski definition) is 5. The summed E-state index contributed by atoms with van der Waals surface area (Å²) in [6, 6.07) is 13.7. The Labute approximate surface area is 131 Å². The maximum Gasteiger partial charge on any atom is 0.346 e. The number of nitrogens with zero attached hydrogens (tertiary/aromatic N) is 2. The first-order valence-corrected chi connectivity index (χ1v) is 7.01. The molecule has 0 unspecified atom stereocenters. The topological polar surface area (TPSA) is 92.9 Å². The molecule has 0 amide bonds. The Balaban J connectivity index is 1.98. The molecule has 0 spiro atoms. The van der Waals surface area contributed by atoms with Gasteiger partial charge in [-0.2, -0.15) is 0 Å². The van der Waals surface area contributed by atoms with Crippen LogP contribution >= 0.6 is 0 Å². The average Bonchev–Trinajstić information content (AvgIpc) is 2.55. The molecular formula is C16H14N2O5. The molecule has 1 heterocycles. The number of benzene rings is 2. The lowest BCUT2D eigenvalue weighted by Gasteiger charge is -2.34. The summed E-state index contributed by atoms with van der Waals surface area (Å²) in [5, 5.41) is 20.2. The van der Waals surface area contributed by atoms with Crippen molar-refractivity contribution in [3.63, 3.8) is 0 Å². The van der Waals surface area contributed by atoms with Crippen molar-refractivity contribution in [2.24, 2.45) is 0 Å². The highest BCUT2D eigenvalue weighted by Crippen LogP contribution is 2.37. The molecule has 1 atom stereocenters. The molecule has 0 aliphatic carbocycles. The zero-order valence-electron chi connectivity index (χ0n) is 12.1. The molecule has 1 N–H and O–H groups in total. The number of ether oxygens (including phenoxy) is 1. The molecule has 2 aromatic carbocycles. The molecular weight excluding hydrogens is 300 g/mol. The molecule has 0 saturated carbocycles. The number of non-ortho nitro benzene ring substituents is 1. The third kappa shape index (κ3) is 3.08. The van der Waals surface area contributed by atoms with Crippen LogP contribution in [0.2, 0.25) is 0 Å². The third-order valence-corrected chi connectivity index (χ3v) is 3.64. The summed E-state index contributed by atoms with van der Waals surface area (Å²) in [5.74, 6) is -0.725. The molecule has 0 fully saturated rings. The summed E-state index contributed by atoms with van der Waals surface area (Å²) < 4.78 is 5.43. The van der Waals surface area contributed by atoms with Gasteiger partial charge < -0.3 is 14.7 Å². The summed E-state index contributed by atoms with van der Waals surface area (Å²) in [5.41, 5.74) is 1.45. The summed E-state index contributed by atoms with van der Waals surface area (Å²) in [6.07, 6.45) is -1.01. The Morgan fingerprint density at radius 1 is 1.30 bits per heavy atom. The van der Waals surface area contributed by atoms with Gasteiger partial charge in [0, 0.05) is 18.7 Å². The van der Waals surface area contributed by atoms with Crippen molar-refractivity contribution in [3.8, 4) is 5.75 Å². The number of nitro benzene ring substituents is 1. The van der Waals surface area contributed by atoms with Crippen LogP contribution in [-0.4, -0.2) is 28.6 Å². The van der Waals surface area contributed by atoms with Gasteiger partial charge in [0.25, 0.3) is 5.69 Å². The number of carbonyl (C=O) groups is 1. The Kier molecular flexibility index (Phi) is 3.84. The standard InChI is InChI=1S/C16H14N2O5/c19-16(20)15-10-17(9-11-4-2-1-3-5-11)13-8-12(18(21)22)6-7-14(13)23-15/h1-8,15H,9-10H2,(H,19,20)/t15-/m1/s1. The molecule has 2 aromatic rings. The van der Waals surface area contributed by atoms with Crippen molar-refractivity contribution >= 4 is 17.3 Å². The molecule has 23 heavy (non-hydrogen) atoms. The van der Waals surface area contributed by atoms with Crippen molar-refractivity contribution in [1.29, 1.82) is 0 Å². The van der Waals surface area contributed by atoms with E-state index in [1.54, 1.807) is 4.90 Å². The average molecular weight is 314 g/mol. The van der Waals surface area contributed by atoms with E-state index in [4.69, 9.17) is 4.74 Å². The number of rotatable bonds is 4. The molecule has 7 heteroatoms. The van der Waals surface area contributed by atoms with E-state index in [9.17, 15) is 20.0 Å². The van der Waals surface area contributed by atoms with Gasteiger partial charge in [0.2, 0.25) is 6.10 Å². The van der Waals surface area contributed by atoms with Gasteiger partial charge in [0.15, 0.2) is 0 Å². The predicted molar refractivity (Wildman–Crippen MR) is 82.6 cm³/mol. The maximum absolute atomic E-state index is 11.3. The zero-order valence-corrected chi connectivity index (χ0v) is 12.1. The van der Waals surface area contributed by atoms with Gasteiger partial charge in [-0.3, -0.25) is 10.1 Å². The molecule has 1 aliphatic heterocycles. The summed E-state index contributed by atoms with van der Waals surface area (Å²) in [7, 11) is 0. The molecule has 1 aliphatic rings. The van der Waals surface area contributed by atoms with Crippen LogP contribution in [0.5, 0.6) is 5.75 Å². The maximum atomic E-state index is 11.3. The van der Waals surface area contributed by atoms with Crippen LogP contribution in [0.25, 0.3) is 0 Å². The summed E-state index contributed by atoms with van der Waals surface area (Å²) in [6.45, 7) is 0.570. The highest BCUT2D eigenvalue weighted by Gasteiger charge is 2.31. The first kappa shape index (κ1) is 14.8. The fourth-order valence-corrected chi connectivity index (χ4v) is 2.54. The van der Waals surface area contributed by atoms with Gasteiger partial charge in [-0.15, -0.1) is 0 Å². The molecule has 0 aromatic heterocycles. The number of fused-ring (bicyclic) bond motifs is 1. The molecule has 7 nitrogen and oxygen atoms in total. The minimum absolute atomic E-state index is 0.0563.